The van der Waals surface area contributed by atoms with Crippen LogP contribution in [0.1, 0.15) is 51.1 Å². The van der Waals surface area contributed by atoms with Crippen molar-refractivity contribution in [1.82, 2.24) is 9.80 Å². The fourth-order valence-electron chi connectivity index (χ4n) is 3.57. The van der Waals surface area contributed by atoms with E-state index in [1.165, 1.54) is 0 Å². The molecule has 5 nitrogen and oxygen atoms in total. The number of likely N-dealkylation sites (tertiary alicyclic amines) is 1. The monoisotopic (exact) mass is 359 g/mol. The SMILES string of the molecule is CCCCN(C)C(=O)C1CCN(C(=O)C(C)C(N)c2ccccc2)CC1. The van der Waals surface area contributed by atoms with Crippen molar-refractivity contribution in [3.05, 3.63) is 35.9 Å². The second-order valence-corrected chi connectivity index (χ2v) is 7.44. The summed E-state index contributed by atoms with van der Waals surface area (Å²) in [6.07, 6.45) is 3.61. The molecule has 0 saturated carbocycles. The average molecular weight is 360 g/mol. The van der Waals surface area contributed by atoms with Gasteiger partial charge in [0.1, 0.15) is 0 Å². The Morgan fingerprint density at radius 3 is 2.42 bits per heavy atom. The molecule has 1 aliphatic heterocycles. The molecule has 26 heavy (non-hydrogen) atoms. The Labute approximate surface area is 157 Å². The third-order valence-electron chi connectivity index (χ3n) is 5.49. The van der Waals surface area contributed by atoms with E-state index in [1.54, 1.807) is 0 Å². The van der Waals surface area contributed by atoms with E-state index < -0.39 is 0 Å². The highest BCUT2D eigenvalue weighted by atomic mass is 16.2. The minimum atomic E-state index is -0.303. The molecule has 0 bridgehead atoms. The summed E-state index contributed by atoms with van der Waals surface area (Å²) < 4.78 is 0. The van der Waals surface area contributed by atoms with Crippen molar-refractivity contribution < 1.29 is 9.59 Å². The van der Waals surface area contributed by atoms with E-state index in [0.717, 1.165) is 37.8 Å². The van der Waals surface area contributed by atoms with Gasteiger partial charge < -0.3 is 15.5 Å². The van der Waals surface area contributed by atoms with Crippen molar-refractivity contribution in [3.8, 4) is 0 Å². The van der Waals surface area contributed by atoms with Crippen LogP contribution in [0.25, 0.3) is 0 Å². The third kappa shape index (κ3) is 5.07. The molecule has 2 unspecified atom stereocenters. The van der Waals surface area contributed by atoms with Gasteiger partial charge in [-0.05, 0) is 24.8 Å². The summed E-state index contributed by atoms with van der Waals surface area (Å²) >= 11 is 0. The quantitative estimate of drug-likeness (QED) is 0.814. The van der Waals surface area contributed by atoms with Crippen LogP contribution in [0.4, 0.5) is 0 Å². The molecule has 0 aromatic heterocycles. The van der Waals surface area contributed by atoms with Crippen LogP contribution in [0.3, 0.4) is 0 Å². The van der Waals surface area contributed by atoms with Crippen molar-refractivity contribution in [2.75, 3.05) is 26.7 Å². The zero-order valence-corrected chi connectivity index (χ0v) is 16.4. The Kier molecular flexibility index (Phi) is 7.64. The second kappa shape index (κ2) is 9.72. The fourth-order valence-corrected chi connectivity index (χ4v) is 3.57. The number of hydrogen-bond acceptors (Lipinski definition) is 3. The van der Waals surface area contributed by atoms with Gasteiger partial charge in [-0.2, -0.15) is 0 Å². The molecule has 0 aliphatic carbocycles. The molecule has 2 amide bonds. The highest BCUT2D eigenvalue weighted by Gasteiger charge is 2.32. The molecular formula is C21H33N3O2. The van der Waals surface area contributed by atoms with Gasteiger partial charge in [-0.25, -0.2) is 0 Å². The summed E-state index contributed by atoms with van der Waals surface area (Å²) in [7, 11) is 1.89. The summed E-state index contributed by atoms with van der Waals surface area (Å²) in [5.41, 5.74) is 7.28. The lowest BCUT2D eigenvalue weighted by Crippen LogP contribution is -2.46. The van der Waals surface area contributed by atoms with Crippen LogP contribution >= 0.6 is 0 Å². The summed E-state index contributed by atoms with van der Waals surface area (Å²) in [5, 5.41) is 0. The molecule has 5 heteroatoms. The van der Waals surface area contributed by atoms with Crippen molar-refractivity contribution in [2.24, 2.45) is 17.6 Å². The van der Waals surface area contributed by atoms with Gasteiger partial charge in [0, 0.05) is 38.6 Å². The maximum absolute atomic E-state index is 12.8. The summed E-state index contributed by atoms with van der Waals surface area (Å²) in [6, 6.07) is 9.46. The number of benzene rings is 1. The van der Waals surface area contributed by atoms with Crippen molar-refractivity contribution in [1.29, 1.82) is 0 Å². The lowest BCUT2D eigenvalue weighted by atomic mass is 9.91. The van der Waals surface area contributed by atoms with E-state index >= 15 is 0 Å². The van der Waals surface area contributed by atoms with Crippen LogP contribution in [0.15, 0.2) is 30.3 Å². The number of piperidine rings is 1. The molecule has 0 radical (unpaired) electrons. The lowest BCUT2D eigenvalue weighted by molar-refractivity contribution is -0.142. The Morgan fingerprint density at radius 2 is 1.85 bits per heavy atom. The first-order valence-corrected chi connectivity index (χ1v) is 9.80. The average Bonchev–Trinajstić information content (AvgIpc) is 2.70. The lowest BCUT2D eigenvalue weighted by Gasteiger charge is -2.35. The van der Waals surface area contributed by atoms with Gasteiger partial charge in [0.25, 0.3) is 0 Å². The van der Waals surface area contributed by atoms with E-state index in [4.69, 9.17) is 5.73 Å². The van der Waals surface area contributed by atoms with Crippen molar-refractivity contribution in [2.45, 2.75) is 45.6 Å². The molecule has 1 fully saturated rings. The first-order chi connectivity index (χ1) is 12.5. The smallest absolute Gasteiger partial charge is 0.227 e. The maximum atomic E-state index is 12.8. The minimum Gasteiger partial charge on any atom is -0.346 e. The van der Waals surface area contributed by atoms with Crippen LogP contribution in [0.5, 0.6) is 0 Å². The summed E-state index contributed by atoms with van der Waals surface area (Å²) in [6.45, 7) is 6.13. The number of carbonyl (C=O) groups excluding carboxylic acids is 2. The number of unbranched alkanes of at least 4 members (excludes halogenated alkanes) is 1. The minimum absolute atomic E-state index is 0.0407. The molecule has 1 aromatic carbocycles. The second-order valence-electron chi connectivity index (χ2n) is 7.44. The maximum Gasteiger partial charge on any atom is 0.227 e. The highest BCUT2D eigenvalue weighted by molar-refractivity contribution is 5.81. The van der Waals surface area contributed by atoms with Crippen molar-refractivity contribution >= 4 is 11.8 Å². The molecule has 0 spiro atoms. The fraction of sp³-hybridized carbons (Fsp3) is 0.619. The molecule has 2 atom stereocenters. The first kappa shape index (κ1) is 20.4. The highest BCUT2D eigenvalue weighted by Crippen LogP contribution is 2.25. The third-order valence-corrected chi connectivity index (χ3v) is 5.49. The van der Waals surface area contributed by atoms with Gasteiger partial charge in [-0.1, -0.05) is 50.6 Å². The molecule has 2 rings (SSSR count). The van der Waals surface area contributed by atoms with Crippen LogP contribution < -0.4 is 5.73 Å². The molecule has 1 saturated heterocycles. The van der Waals surface area contributed by atoms with Gasteiger partial charge in [0.15, 0.2) is 0 Å². The normalized spacial score (nSPS) is 17.6. The standard InChI is InChI=1S/C21H33N3O2/c1-4-5-13-23(3)21(26)18-11-14-24(15-12-18)20(25)16(2)19(22)17-9-7-6-8-10-17/h6-10,16,18-19H,4-5,11-15,22H2,1-3H3. The van der Waals surface area contributed by atoms with Gasteiger partial charge in [-0.15, -0.1) is 0 Å². The van der Waals surface area contributed by atoms with Crippen LogP contribution in [-0.2, 0) is 9.59 Å². The van der Waals surface area contributed by atoms with E-state index in [9.17, 15) is 9.59 Å². The number of nitrogens with two attached hydrogens (primary N) is 1. The number of carbonyl (C=O) groups is 2. The molecular weight excluding hydrogens is 326 g/mol. The number of hydrogen-bond donors (Lipinski definition) is 1. The van der Waals surface area contributed by atoms with Gasteiger partial charge >= 0.3 is 0 Å². The molecule has 144 valence electrons. The first-order valence-electron chi connectivity index (χ1n) is 9.80. The molecule has 1 heterocycles. The van der Waals surface area contributed by atoms with Crippen LogP contribution in [-0.4, -0.2) is 48.3 Å². The molecule has 1 aliphatic rings. The van der Waals surface area contributed by atoms with E-state index in [-0.39, 0.29) is 29.7 Å². The van der Waals surface area contributed by atoms with Crippen LogP contribution in [0, 0.1) is 11.8 Å². The zero-order chi connectivity index (χ0) is 19.1. The Morgan fingerprint density at radius 1 is 1.23 bits per heavy atom. The predicted molar refractivity (Wildman–Crippen MR) is 104 cm³/mol. The van der Waals surface area contributed by atoms with E-state index in [0.29, 0.717) is 13.1 Å². The summed E-state index contributed by atoms with van der Waals surface area (Å²) in [4.78, 5) is 29.1. The number of amides is 2. The zero-order valence-electron chi connectivity index (χ0n) is 16.4. The predicted octanol–water partition coefficient (Wildman–Crippen LogP) is 2.82. The molecule has 1 aromatic rings. The Bertz CT molecular complexity index is 582. The van der Waals surface area contributed by atoms with Crippen LogP contribution in [0.2, 0.25) is 0 Å². The number of rotatable bonds is 7. The van der Waals surface area contributed by atoms with Gasteiger partial charge in [-0.3, -0.25) is 9.59 Å². The Hall–Kier alpha value is -1.88. The van der Waals surface area contributed by atoms with Gasteiger partial charge in [0.2, 0.25) is 11.8 Å². The van der Waals surface area contributed by atoms with E-state index in [1.807, 2.05) is 54.1 Å². The molecule has 2 N–H and O–H groups in total. The number of nitrogens with zero attached hydrogens (tertiary/aromatic N) is 2. The topological polar surface area (TPSA) is 66.6 Å². The van der Waals surface area contributed by atoms with Gasteiger partial charge in [0.05, 0.1) is 5.92 Å². The Balaban J connectivity index is 1.86. The summed E-state index contributed by atoms with van der Waals surface area (Å²) in [5.74, 6) is 0.0852. The largest absolute Gasteiger partial charge is 0.346 e. The van der Waals surface area contributed by atoms with Crippen molar-refractivity contribution in [3.63, 3.8) is 0 Å². The van der Waals surface area contributed by atoms with E-state index in [2.05, 4.69) is 6.92 Å².